The molecule has 0 spiro atoms. The van der Waals surface area contributed by atoms with Gasteiger partial charge in [0.05, 0.1) is 18.2 Å². The second-order valence-electron chi connectivity index (χ2n) is 6.00. The topological polar surface area (TPSA) is 71.3 Å². The van der Waals surface area contributed by atoms with Crippen LogP contribution in [0, 0.1) is 11.3 Å². The lowest BCUT2D eigenvalue weighted by Crippen LogP contribution is -2.13. The van der Waals surface area contributed by atoms with Gasteiger partial charge in [-0.15, -0.1) is 0 Å². The van der Waals surface area contributed by atoms with Gasteiger partial charge in [-0.05, 0) is 61.4 Å². The summed E-state index contributed by atoms with van der Waals surface area (Å²) in [7, 11) is 1.50. The SMILES string of the molecule is CCC(C)Oc1c(Cl)cc(C=C(C#N)C(=O)Nc2ccc(Cl)cc2)cc1OC. The van der Waals surface area contributed by atoms with Crippen LogP contribution in [-0.4, -0.2) is 19.1 Å². The average Bonchev–Trinajstić information content (AvgIpc) is 2.69. The predicted octanol–water partition coefficient (Wildman–Crippen LogP) is 5.72. The van der Waals surface area contributed by atoms with Gasteiger partial charge in [0.15, 0.2) is 11.5 Å². The minimum absolute atomic E-state index is 0.0346. The number of methoxy groups -OCH3 is 1. The second kappa shape index (κ2) is 10.0. The summed E-state index contributed by atoms with van der Waals surface area (Å²) < 4.78 is 11.2. The van der Waals surface area contributed by atoms with E-state index in [1.807, 2.05) is 19.9 Å². The molecule has 1 amide bonds. The first-order valence-corrected chi connectivity index (χ1v) is 9.36. The van der Waals surface area contributed by atoms with Crippen molar-refractivity contribution in [2.45, 2.75) is 26.4 Å². The van der Waals surface area contributed by atoms with Crippen LogP contribution in [0.15, 0.2) is 42.0 Å². The zero-order chi connectivity index (χ0) is 20.7. The van der Waals surface area contributed by atoms with Gasteiger partial charge in [0.25, 0.3) is 5.91 Å². The Balaban J connectivity index is 2.30. The predicted molar refractivity (Wildman–Crippen MR) is 112 cm³/mol. The monoisotopic (exact) mass is 418 g/mol. The molecule has 7 heteroatoms. The van der Waals surface area contributed by atoms with Crippen molar-refractivity contribution in [3.63, 3.8) is 0 Å². The first-order chi connectivity index (χ1) is 13.4. The number of nitrogens with zero attached hydrogens (tertiary/aromatic N) is 1. The highest BCUT2D eigenvalue weighted by atomic mass is 35.5. The fraction of sp³-hybridized carbons (Fsp3) is 0.238. The molecule has 0 bridgehead atoms. The van der Waals surface area contributed by atoms with Crippen molar-refractivity contribution in [3.05, 3.63) is 57.6 Å². The first kappa shape index (κ1) is 21.6. The Morgan fingerprint density at radius 1 is 1.29 bits per heavy atom. The molecule has 2 aromatic carbocycles. The normalized spacial score (nSPS) is 12.1. The van der Waals surface area contributed by atoms with Crippen molar-refractivity contribution in [2.24, 2.45) is 0 Å². The van der Waals surface area contributed by atoms with Gasteiger partial charge in [-0.3, -0.25) is 4.79 Å². The van der Waals surface area contributed by atoms with E-state index in [-0.39, 0.29) is 11.7 Å². The van der Waals surface area contributed by atoms with Crippen LogP contribution >= 0.6 is 23.2 Å². The van der Waals surface area contributed by atoms with Crippen LogP contribution in [0.25, 0.3) is 6.08 Å². The van der Waals surface area contributed by atoms with Crippen molar-refractivity contribution in [2.75, 3.05) is 12.4 Å². The molecule has 0 heterocycles. The standard InChI is InChI=1S/C21H20Cl2N2O3/c1-4-13(2)28-20-18(23)10-14(11-19(20)27-3)9-15(12-24)21(26)25-17-7-5-16(22)6-8-17/h5-11,13H,4H2,1-3H3,(H,25,26). The van der Waals surface area contributed by atoms with Crippen molar-refractivity contribution in [1.82, 2.24) is 0 Å². The molecule has 0 saturated carbocycles. The van der Waals surface area contributed by atoms with Crippen LogP contribution in [-0.2, 0) is 4.79 Å². The Kier molecular flexibility index (Phi) is 7.74. The second-order valence-corrected chi connectivity index (χ2v) is 6.85. The molecule has 1 atom stereocenters. The molecule has 0 radical (unpaired) electrons. The van der Waals surface area contributed by atoms with Gasteiger partial charge in [0.1, 0.15) is 11.6 Å². The summed E-state index contributed by atoms with van der Waals surface area (Å²) in [6.45, 7) is 3.93. The maximum atomic E-state index is 12.4. The maximum absolute atomic E-state index is 12.4. The van der Waals surface area contributed by atoms with Crippen molar-refractivity contribution >= 4 is 40.9 Å². The smallest absolute Gasteiger partial charge is 0.266 e. The number of rotatable bonds is 7. The van der Waals surface area contributed by atoms with Crippen molar-refractivity contribution in [3.8, 4) is 17.6 Å². The highest BCUT2D eigenvalue weighted by Gasteiger charge is 2.16. The Morgan fingerprint density at radius 2 is 1.96 bits per heavy atom. The molecule has 2 rings (SSSR count). The van der Waals surface area contributed by atoms with Gasteiger partial charge in [0, 0.05) is 10.7 Å². The molecule has 146 valence electrons. The maximum Gasteiger partial charge on any atom is 0.266 e. The minimum atomic E-state index is -0.542. The summed E-state index contributed by atoms with van der Waals surface area (Å²) in [6, 6.07) is 11.8. The van der Waals surface area contributed by atoms with E-state index in [0.717, 1.165) is 6.42 Å². The number of nitriles is 1. The molecular formula is C21H20Cl2N2O3. The Morgan fingerprint density at radius 3 is 2.54 bits per heavy atom. The van der Waals surface area contributed by atoms with E-state index in [4.69, 9.17) is 32.7 Å². The molecule has 0 aliphatic carbocycles. The molecule has 1 unspecified atom stereocenters. The number of hydrogen-bond donors (Lipinski definition) is 1. The van der Waals surface area contributed by atoms with E-state index in [1.165, 1.54) is 13.2 Å². The summed E-state index contributed by atoms with van der Waals surface area (Å²) in [5.41, 5.74) is 0.994. The van der Waals surface area contributed by atoms with Crippen LogP contribution in [0.3, 0.4) is 0 Å². The molecule has 0 fully saturated rings. The van der Waals surface area contributed by atoms with Crippen LogP contribution in [0.5, 0.6) is 11.5 Å². The molecule has 0 aromatic heterocycles. The number of anilines is 1. The third-order valence-corrected chi connectivity index (χ3v) is 4.46. The third kappa shape index (κ3) is 5.66. The number of ether oxygens (including phenoxy) is 2. The summed E-state index contributed by atoms with van der Waals surface area (Å²) in [4.78, 5) is 12.4. The van der Waals surface area contributed by atoms with E-state index in [1.54, 1.807) is 36.4 Å². The Hall–Kier alpha value is -2.68. The lowest BCUT2D eigenvalue weighted by Gasteiger charge is -2.17. The van der Waals surface area contributed by atoms with Gasteiger partial charge < -0.3 is 14.8 Å². The molecule has 0 aliphatic rings. The van der Waals surface area contributed by atoms with Crippen LogP contribution < -0.4 is 14.8 Å². The van der Waals surface area contributed by atoms with E-state index in [2.05, 4.69) is 5.32 Å². The van der Waals surface area contributed by atoms with Gasteiger partial charge in [-0.25, -0.2) is 0 Å². The van der Waals surface area contributed by atoms with Crippen LogP contribution in [0.4, 0.5) is 5.69 Å². The largest absolute Gasteiger partial charge is 0.493 e. The lowest BCUT2D eigenvalue weighted by molar-refractivity contribution is -0.112. The zero-order valence-electron chi connectivity index (χ0n) is 15.8. The van der Waals surface area contributed by atoms with Crippen LogP contribution in [0.1, 0.15) is 25.8 Å². The molecule has 28 heavy (non-hydrogen) atoms. The Labute approximate surface area is 174 Å². The molecular weight excluding hydrogens is 399 g/mol. The Bertz CT molecular complexity index is 918. The van der Waals surface area contributed by atoms with E-state index < -0.39 is 5.91 Å². The van der Waals surface area contributed by atoms with Crippen molar-refractivity contribution in [1.29, 1.82) is 5.26 Å². The number of carbonyl (C=O) groups is 1. The van der Waals surface area contributed by atoms with Gasteiger partial charge in [0.2, 0.25) is 0 Å². The highest BCUT2D eigenvalue weighted by molar-refractivity contribution is 6.32. The van der Waals surface area contributed by atoms with Gasteiger partial charge >= 0.3 is 0 Å². The molecule has 0 saturated heterocycles. The summed E-state index contributed by atoms with van der Waals surface area (Å²) in [6.07, 6.45) is 2.21. The molecule has 0 aliphatic heterocycles. The van der Waals surface area contributed by atoms with E-state index >= 15 is 0 Å². The lowest BCUT2D eigenvalue weighted by atomic mass is 10.1. The quantitative estimate of drug-likeness (QED) is 0.460. The summed E-state index contributed by atoms with van der Waals surface area (Å²) in [5.74, 6) is 0.314. The third-order valence-electron chi connectivity index (χ3n) is 3.92. The first-order valence-electron chi connectivity index (χ1n) is 8.60. The molecule has 2 aromatic rings. The summed E-state index contributed by atoms with van der Waals surface area (Å²) in [5, 5.41) is 12.9. The zero-order valence-corrected chi connectivity index (χ0v) is 17.3. The minimum Gasteiger partial charge on any atom is -0.493 e. The highest BCUT2D eigenvalue weighted by Crippen LogP contribution is 2.38. The van der Waals surface area contributed by atoms with Gasteiger partial charge in [-0.1, -0.05) is 30.1 Å². The number of carbonyl (C=O) groups excluding carboxylic acids is 1. The van der Waals surface area contributed by atoms with Gasteiger partial charge in [-0.2, -0.15) is 5.26 Å². The average molecular weight is 419 g/mol. The fourth-order valence-electron chi connectivity index (χ4n) is 2.27. The molecule has 5 nitrogen and oxygen atoms in total. The van der Waals surface area contributed by atoms with E-state index in [0.29, 0.717) is 32.8 Å². The fourth-order valence-corrected chi connectivity index (χ4v) is 2.66. The number of benzene rings is 2. The van der Waals surface area contributed by atoms with Crippen LogP contribution in [0.2, 0.25) is 10.0 Å². The van der Waals surface area contributed by atoms with Crippen molar-refractivity contribution < 1.29 is 14.3 Å². The number of nitrogens with one attached hydrogen (secondary N) is 1. The van der Waals surface area contributed by atoms with E-state index in [9.17, 15) is 10.1 Å². The number of halogens is 2. The molecule has 1 N–H and O–H groups in total. The summed E-state index contributed by atoms with van der Waals surface area (Å²) >= 11 is 12.2. The number of hydrogen-bond acceptors (Lipinski definition) is 4. The number of amides is 1.